The number of unbranched alkanes of at least 4 members (excludes halogenated alkanes) is 1. The predicted molar refractivity (Wildman–Crippen MR) is 80.4 cm³/mol. The molecule has 0 aromatic rings. The lowest BCUT2D eigenvalue weighted by Crippen LogP contribution is -2.36. The Balaban J connectivity index is 2.11. The second kappa shape index (κ2) is 6.58. The van der Waals surface area contributed by atoms with Gasteiger partial charge in [-0.05, 0) is 19.8 Å². The molecule has 7 heteroatoms. The van der Waals surface area contributed by atoms with Crippen molar-refractivity contribution < 1.29 is 13.2 Å². The van der Waals surface area contributed by atoms with E-state index in [1.54, 1.807) is 12.4 Å². The third-order valence-corrected chi connectivity index (χ3v) is 4.93. The second-order valence-corrected chi connectivity index (χ2v) is 6.97. The fourth-order valence-electron chi connectivity index (χ4n) is 2.23. The lowest BCUT2D eigenvalue weighted by atomic mass is 9.97. The Hall–Kier alpha value is -1.08. The molecule has 2 rings (SSSR count). The van der Waals surface area contributed by atoms with E-state index in [0.29, 0.717) is 13.0 Å². The highest BCUT2D eigenvalue weighted by atomic mass is 32.2. The third-order valence-electron chi connectivity index (χ3n) is 3.34. The monoisotopic (exact) mass is 299 g/mol. The van der Waals surface area contributed by atoms with Gasteiger partial charge in [0.25, 0.3) is 0 Å². The largest absolute Gasteiger partial charge is 0.373 e. The van der Waals surface area contributed by atoms with Crippen LogP contribution in [0.25, 0.3) is 0 Å². The predicted octanol–water partition coefficient (Wildman–Crippen LogP) is 1.46. The number of ether oxygens (including phenoxy) is 1. The molecule has 0 aromatic heterocycles. The number of aliphatic imine (C=N–C) groups is 3. The van der Waals surface area contributed by atoms with Crippen molar-refractivity contribution in [2.75, 3.05) is 12.4 Å². The van der Waals surface area contributed by atoms with Crippen molar-refractivity contribution in [3.63, 3.8) is 0 Å². The van der Waals surface area contributed by atoms with Gasteiger partial charge in [-0.1, -0.05) is 13.3 Å². The highest BCUT2D eigenvalue weighted by molar-refractivity contribution is 8.06. The van der Waals surface area contributed by atoms with Gasteiger partial charge >= 0.3 is 0 Å². The molecule has 2 aliphatic rings. The topological polar surface area (TPSA) is 80.5 Å². The standard InChI is InChI=1S/C13H21N3O3S/c1-3-5-6-20(17,18)13-15-8-10-7-11(19-4-2)9-14-12(10)16-13/h8-12H,3-7H2,1-2H3. The summed E-state index contributed by atoms with van der Waals surface area (Å²) in [7, 11) is -3.37. The number of nitrogens with zero attached hydrogens (tertiary/aromatic N) is 3. The number of rotatable bonds is 5. The summed E-state index contributed by atoms with van der Waals surface area (Å²) < 4.78 is 29.6. The Morgan fingerprint density at radius 2 is 2.15 bits per heavy atom. The van der Waals surface area contributed by atoms with E-state index in [1.807, 2.05) is 13.8 Å². The summed E-state index contributed by atoms with van der Waals surface area (Å²) in [5.74, 6) is 0.129. The van der Waals surface area contributed by atoms with Gasteiger partial charge in [-0.15, -0.1) is 0 Å². The molecular formula is C13H21N3O3S. The number of hydrogen-bond acceptors (Lipinski definition) is 6. The van der Waals surface area contributed by atoms with Gasteiger partial charge in [-0.3, -0.25) is 4.99 Å². The molecule has 0 aromatic carbocycles. The molecule has 2 heterocycles. The molecule has 0 N–H and O–H groups in total. The molecule has 3 atom stereocenters. The van der Waals surface area contributed by atoms with Crippen molar-refractivity contribution >= 4 is 27.4 Å². The fourth-order valence-corrected chi connectivity index (χ4v) is 3.57. The minimum atomic E-state index is -3.37. The van der Waals surface area contributed by atoms with Crippen LogP contribution in [0.2, 0.25) is 0 Å². The van der Waals surface area contributed by atoms with Crippen LogP contribution in [0.3, 0.4) is 0 Å². The highest BCUT2D eigenvalue weighted by Gasteiger charge is 2.32. The van der Waals surface area contributed by atoms with Crippen LogP contribution in [-0.2, 0) is 14.6 Å². The maximum absolute atomic E-state index is 12.1. The van der Waals surface area contributed by atoms with E-state index in [4.69, 9.17) is 4.74 Å². The summed E-state index contributed by atoms with van der Waals surface area (Å²) in [6, 6.07) is 0. The van der Waals surface area contributed by atoms with E-state index in [1.165, 1.54) is 0 Å². The Labute approximate surface area is 120 Å². The molecule has 2 aliphatic heterocycles. The molecule has 112 valence electrons. The number of hydrogen-bond donors (Lipinski definition) is 0. The zero-order valence-electron chi connectivity index (χ0n) is 11.9. The van der Waals surface area contributed by atoms with Crippen LogP contribution in [0, 0.1) is 5.92 Å². The first-order chi connectivity index (χ1) is 9.56. The molecule has 0 spiro atoms. The van der Waals surface area contributed by atoms with Crippen LogP contribution in [-0.4, -0.2) is 50.6 Å². The van der Waals surface area contributed by atoms with Gasteiger partial charge in [0.15, 0.2) is 0 Å². The SMILES string of the molecule is CCCCS(=O)(=O)C1=NC2N=CC(OCC)CC2C=N1. The van der Waals surface area contributed by atoms with E-state index in [0.717, 1.165) is 12.8 Å². The Morgan fingerprint density at radius 3 is 2.85 bits per heavy atom. The fraction of sp³-hybridized carbons (Fsp3) is 0.769. The highest BCUT2D eigenvalue weighted by Crippen LogP contribution is 2.24. The smallest absolute Gasteiger partial charge is 0.244 e. The van der Waals surface area contributed by atoms with Crippen LogP contribution < -0.4 is 0 Å². The summed E-state index contributed by atoms with van der Waals surface area (Å²) in [4.78, 5) is 12.5. The molecule has 0 saturated carbocycles. The first-order valence-electron chi connectivity index (χ1n) is 7.06. The number of fused-ring (bicyclic) bond motifs is 1. The normalized spacial score (nSPS) is 29.1. The Kier molecular flexibility index (Phi) is 5.04. The third kappa shape index (κ3) is 3.52. The van der Waals surface area contributed by atoms with E-state index in [-0.39, 0.29) is 29.1 Å². The lowest BCUT2D eigenvalue weighted by Gasteiger charge is -2.28. The van der Waals surface area contributed by atoms with Crippen LogP contribution in [0.1, 0.15) is 33.1 Å². The molecule has 0 saturated heterocycles. The molecule has 0 aliphatic carbocycles. The minimum Gasteiger partial charge on any atom is -0.373 e. The average molecular weight is 299 g/mol. The van der Waals surface area contributed by atoms with Gasteiger partial charge in [-0.2, -0.15) is 0 Å². The molecule has 0 fully saturated rings. The average Bonchev–Trinajstić information content (AvgIpc) is 2.45. The van der Waals surface area contributed by atoms with Gasteiger partial charge in [0.05, 0.1) is 11.9 Å². The summed E-state index contributed by atoms with van der Waals surface area (Å²) in [6.07, 6.45) is 5.20. The molecular weight excluding hydrogens is 278 g/mol. The van der Waals surface area contributed by atoms with Crippen LogP contribution in [0.5, 0.6) is 0 Å². The van der Waals surface area contributed by atoms with Gasteiger partial charge in [0, 0.05) is 25.0 Å². The molecule has 3 unspecified atom stereocenters. The zero-order valence-corrected chi connectivity index (χ0v) is 12.7. The van der Waals surface area contributed by atoms with E-state index in [9.17, 15) is 8.42 Å². The molecule has 0 amide bonds. The van der Waals surface area contributed by atoms with Gasteiger partial charge < -0.3 is 4.74 Å². The second-order valence-electron chi connectivity index (χ2n) is 4.97. The van der Waals surface area contributed by atoms with Gasteiger partial charge in [0.1, 0.15) is 6.17 Å². The summed E-state index contributed by atoms with van der Waals surface area (Å²) >= 11 is 0. The number of sulfone groups is 1. The maximum atomic E-state index is 12.1. The van der Waals surface area contributed by atoms with Crippen LogP contribution in [0.15, 0.2) is 15.0 Å². The maximum Gasteiger partial charge on any atom is 0.244 e. The van der Waals surface area contributed by atoms with Crippen LogP contribution in [0.4, 0.5) is 0 Å². The van der Waals surface area contributed by atoms with Crippen molar-refractivity contribution in [3.05, 3.63) is 0 Å². The summed E-state index contributed by atoms with van der Waals surface area (Å²) in [5.41, 5.74) is 0. The van der Waals surface area contributed by atoms with Crippen LogP contribution >= 0.6 is 0 Å². The summed E-state index contributed by atoms with van der Waals surface area (Å²) in [6.45, 7) is 4.52. The summed E-state index contributed by atoms with van der Waals surface area (Å²) in [5, 5.41) is -0.0702. The van der Waals surface area contributed by atoms with Crippen molar-refractivity contribution in [3.8, 4) is 0 Å². The Bertz CT molecular complexity index is 525. The van der Waals surface area contributed by atoms with Crippen molar-refractivity contribution in [2.24, 2.45) is 20.9 Å². The quantitative estimate of drug-likeness (QED) is 0.771. The van der Waals surface area contributed by atoms with Crippen molar-refractivity contribution in [1.29, 1.82) is 0 Å². The van der Waals surface area contributed by atoms with E-state index in [2.05, 4.69) is 15.0 Å². The van der Waals surface area contributed by atoms with E-state index < -0.39 is 9.84 Å². The van der Waals surface area contributed by atoms with Gasteiger partial charge in [-0.25, -0.2) is 18.4 Å². The zero-order chi connectivity index (χ0) is 14.6. The van der Waals surface area contributed by atoms with Crippen molar-refractivity contribution in [2.45, 2.75) is 45.4 Å². The minimum absolute atomic E-state index is 0.0267. The first kappa shape index (κ1) is 15.3. The van der Waals surface area contributed by atoms with Gasteiger partial charge in [0.2, 0.25) is 15.0 Å². The molecule has 0 radical (unpaired) electrons. The molecule has 6 nitrogen and oxygen atoms in total. The lowest BCUT2D eigenvalue weighted by molar-refractivity contribution is 0.0934. The van der Waals surface area contributed by atoms with E-state index >= 15 is 0 Å². The molecule has 20 heavy (non-hydrogen) atoms. The Morgan fingerprint density at radius 1 is 1.35 bits per heavy atom. The number of amidine groups is 1. The first-order valence-corrected chi connectivity index (χ1v) is 8.71. The molecule has 0 bridgehead atoms. The van der Waals surface area contributed by atoms with Crippen molar-refractivity contribution in [1.82, 2.24) is 0 Å².